The normalized spacial score (nSPS) is 10.1. The Hall–Kier alpha value is -1.66. The smallest absolute Gasteiger partial charge is 1.00 e. The Balaban J connectivity index is -0.0000000396. The first-order valence-electron chi connectivity index (χ1n) is 17.1. The summed E-state index contributed by atoms with van der Waals surface area (Å²) in [4.78, 5) is 62.7. The number of aliphatic carboxylic acids is 1. The van der Waals surface area contributed by atoms with E-state index in [0.29, 0.717) is 44.1 Å². The second-order valence-electron chi connectivity index (χ2n) is 9.64. The summed E-state index contributed by atoms with van der Waals surface area (Å²) in [6.07, 6.45) is 12.6. The van der Waals surface area contributed by atoms with Crippen LogP contribution < -0.4 is 46.5 Å². The third-order valence-electron chi connectivity index (χ3n) is 5.43. The first-order valence-corrected chi connectivity index (χ1v) is 22.9. The second kappa shape index (κ2) is 77.6. The Morgan fingerprint density at radius 2 is 1.00 bits per heavy atom. The molecule has 1 radical (unpaired) electrons. The van der Waals surface area contributed by atoms with Crippen LogP contribution in [0.25, 0.3) is 0 Å². The van der Waals surface area contributed by atoms with Gasteiger partial charge in [-0.15, -0.1) is 17.8 Å². The first kappa shape index (κ1) is 97.9. The molecule has 0 aromatic carbocycles. The van der Waals surface area contributed by atoms with E-state index in [2.05, 4.69) is 95.8 Å². The molecule has 0 rings (SSSR count). The van der Waals surface area contributed by atoms with Crippen molar-refractivity contribution in [1.29, 1.82) is 1.28 Å². The maximum atomic E-state index is 10.7. The van der Waals surface area contributed by atoms with Gasteiger partial charge in [0, 0.05) is 44.1 Å². The van der Waals surface area contributed by atoms with Crippen molar-refractivity contribution in [1.82, 2.24) is 0 Å². The third-order valence-corrected chi connectivity index (χ3v) is 6.36. The number of carbonyl (C=O) groups is 6. The first-order chi connectivity index (χ1) is 28.6. The van der Waals surface area contributed by atoms with E-state index in [1.807, 2.05) is 13.0 Å². The molecule has 27 heteroatoms. The molecule has 385 valence electrons. The van der Waals surface area contributed by atoms with Gasteiger partial charge in [0.1, 0.15) is 0 Å². The molecule has 0 amide bonds. The number of allylic oxidation sites excluding steroid dienone is 7. The van der Waals surface area contributed by atoms with Gasteiger partial charge in [0.25, 0.3) is 0 Å². The number of carboxylic acid groups (broad SMARTS) is 1. The van der Waals surface area contributed by atoms with Gasteiger partial charge in [0.2, 0.25) is 0 Å². The van der Waals surface area contributed by atoms with E-state index < -0.39 is 16.4 Å². The minimum absolute atomic E-state index is 0. The molecule has 0 aliphatic heterocycles. The van der Waals surface area contributed by atoms with Crippen molar-refractivity contribution in [3.63, 3.8) is 0 Å². The number of nitrogens with zero attached hydrogens (tertiary/aromatic N) is 1. The van der Waals surface area contributed by atoms with Crippen LogP contribution in [0, 0.1) is 0 Å². The Bertz CT molecular complexity index is 1540. The van der Waals surface area contributed by atoms with Crippen molar-refractivity contribution in [2.75, 3.05) is 46.2 Å². The number of carboxylic acids is 1. The summed E-state index contributed by atoms with van der Waals surface area (Å²) in [7, 11) is 9.04. The standard InChI is InChI=1S/C7H12O2.C7H10O2.2C6H9BrO2.C6H10O2.C5H8O2.2CH4.BHNS.BrH.Na.H2O4S.H2O.H4P2/c2*1-4-5-6(2)7(8)9-3;1-5(3-4-7)6(8)9-2;1-3-5(4-7)6(8)9-2;1-4-5(2)6(7)8-3;1-3-4(2)5(6)7;;;1-2-3;;;1-5(2,3)4;;1-2/h5H,4H2,1-3H3;4-5H,1H2,2-3H3;2*3H,4H2,1-2H3;4H,1-3H3;3H,1-2H3,(H,6,7);2*1H4;3H;1H;;(H2,1,2,3,4);1H2;1-2H2/q;;;;;;;;;;+1;;;/p-2/b2*6-5+;2*5-3+;5-4+;4-3+;;;;;;;;/i;;;;;;;;;;;;;1T. The van der Waals surface area contributed by atoms with Crippen molar-refractivity contribution >= 4 is 116 Å². The zero-order chi connectivity index (χ0) is 51.4. The predicted octanol–water partition coefficient (Wildman–Crippen LogP) is 3.26. The number of hydrogen-bond donors (Lipinski definition) is 4. The summed E-state index contributed by atoms with van der Waals surface area (Å²) in [6, 6.07) is 0. The zero-order valence-corrected chi connectivity index (χ0v) is 49.7. The number of alkyl halides is 2. The molecule has 66 heavy (non-hydrogen) atoms. The minimum atomic E-state index is -4.67. The number of carbonyl (C=O) groups excluding carboxylic acids is 5. The SMILES string of the molecule is C.C.C/C=C(\C)C(=O)O.C/C=C(\C)C(=O)OC.C/C=C(\CBr)C(=O)OC.C=C/C=C(\C)C(=O)OC.CC/C=C(\C)C(=O)OC.COC(=O)/C(C)=C/CBr.O=S(=O)(O)O.[3H]PP.[B]=NS.[Br-].[Na+].[OH-]. The summed E-state index contributed by atoms with van der Waals surface area (Å²) < 4.78 is 62.6. The molecule has 0 heterocycles. The molecule has 0 aliphatic rings. The van der Waals surface area contributed by atoms with E-state index in [0.717, 1.165) is 6.42 Å². The Labute approximate surface area is 457 Å². The second-order valence-corrected chi connectivity index (χ2v) is 12.0. The molecular formula is C39H74BBr3NNaO17P2S2-. The van der Waals surface area contributed by atoms with Gasteiger partial charge in [-0.25, -0.2) is 28.8 Å². The zero-order valence-electron chi connectivity index (χ0n) is 40.1. The Morgan fingerprint density at radius 3 is 1.15 bits per heavy atom. The molecule has 0 fully saturated rings. The fourth-order valence-corrected chi connectivity index (χ4v) is 3.14. The van der Waals surface area contributed by atoms with Crippen molar-refractivity contribution in [2.24, 2.45) is 4.30 Å². The predicted molar refractivity (Wildman–Crippen MR) is 276 cm³/mol. The molecule has 4 N–H and O–H groups in total. The molecule has 2 unspecified atom stereocenters. The number of methoxy groups -OCH3 is 5. The number of halogens is 3. The topological polar surface area (TPSA) is 286 Å². The molecule has 0 aliphatic carbocycles. The quantitative estimate of drug-likeness (QED) is 0.0281. The van der Waals surface area contributed by atoms with Crippen LogP contribution in [0.1, 0.15) is 83.6 Å². The van der Waals surface area contributed by atoms with Gasteiger partial charge < -0.3 is 51.2 Å². The summed E-state index contributed by atoms with van der Waals surface area (Å²) in [6.45, 7) is 19.1. The molecule has 2 atom stereocenters. The Morgan fingerprint density at radius 1 is 0.727 bits per heavy atom. The fourth-order valence-electron chi connectivity index (χ4n) is 2.10. The summed E-state index contributed by atoms with van der Waals surface area (Å²) in [5, 5.41) is 9.35. The number of hydrogen-bond acceptors (Lipinski definition) is 16. The number of ether oxygens (including phenoxy) is 5. The van der Waals surface area contributed by atoms with Crippen LogP contribution in [0.5, 0.6) is 0 Å². The van der Waals surface area contributed by atoms with Crippen molar-refractivity contribution in [2.45, 2.75) is 83.6 Å². The van der Waals surface area contributed by atoms with Crippen LogP contribution in [0.3, 0.4) is 0 Å². The summed E-state index contributed by atoms with van der Waals surface area (Å²) in [5.41, 5.74) is 3.56. The van der Waals surface area contributed by atoms with Crippen LogP contribution in [-0.2, 0) is 62.9 Å². The summed E-state index contributed by atoms with van der Waals surface area (Å²) >= 11 is 9.50. The van der Waals surface area contributed by atoms with Crippen LogP contribution in [0.15, 0.2) is 86.9 Å². The minimum Gasteiger partial charge on any atom is -1.00 e. The molecular weight excluding hydrogens is 1150 g/mol. The van der Waals surface area contributed by atoms with Crippen molar-refractivity contribution < 1.29 is 127 Å². The van der Waals surface area contributed by atoms with Gasteiger partial charge in [-0.3, -0.25) is 9.11 Å². The van der Waals surface area contributed by atoms with Crippen LogP contribution in [0.2, 0.25) is 0 Å². The van der Waals surface area contributed by atoms with Gasteiger partial charge in [-0.1, -0.05) is 103 Å². The van der Waals surface area contributed by atoms with Gasteiger partial charge in [-0.05, 0) is 61.8 Å². The largest absolute Gasteiger partial charge is 1.00 e. The number of thiol groups is 1. The number of esters is 5. The van der Waals surface area contributed by atoms with Crippen LogP contribution in [-0.4, -0.2) is 119 Å². The molecule has 0 aromatic rings. The van der Waals surface area contributed by atoms with E-state index in [1.54, 1.807) is 91.8 Å². The monoisotopic (exact) mass is 1230 g/mol. The van der Waals surface area contributed by atoms with E-state index in [9.17, 15) is 28.8 Å². The molecule has 0 saturated carbocycles. The summed E-state index contributed by atoms with van der Waals surface area (Å²) in [5.74, 6) is -2.19. The van der Waals surface area contributed by atoms with Gasteiger partial charge in [-0.2, -0.15) is 8.42 Å². The molecule has 0 bridgehead atoms. The van der Waals surface area contributed by atoms with Crippen molar-refractivity contribution in [3.05, 3.63) is 82.5 Å². The molecule has 0 aromatic heterocycles. The average molecular weight is 1230 g/mol. The van der Waals surface area contributed by atoms with Gasteiger partial charge in [0.05, 0.1) is 36.8 Å². The van der Waals surface area contributed by atoms with Crippen LogP contribution in [0.4, 0.5) is 0 Å². The molecule has 18 nitrogen and oxygen atoms in total. The van der Waals surface area contributed by atoms with Crippen molar-refractivity contribution in [3.8, 4) is 0 Å². The van der Waals surface area contributed by atoms with Crippen LogP contribution >= 0.6 is 62.5 Å². The fraction of sp³-hybridized carbons (Fsp3) is 0.487. The Kier molecular flexibility index (Phi) is 115. The van der Waals surface area contributed by atoms with E-state index >= 15 is 0 Å². The van der Waals surface area contributed by atoms with Gasteiger partial charge >= 0.3 is 101 Å². The van der Waals surface area contributed by atoms with E-state index in [1.165, 1.54) is 35.5 Å². The molecule has 0 spiro atoms. The maximum absolute atomic E-state index is 10.7. The molecule has 0 saturated heterocycles. The van der Waals surface area contributed by atoms with E-state index in [-0.39, 0.29) is 106 Å². The average Bonchev–Trinajstić information content (AvgIpc) is 3.23. The maximum Gasteiger partial charge on any atom is 1.00 e. The van der Waals surface area contributed by atoms with E-state index in [4.69, 9.17) is 23.9 Å². The number of rotatable bonds is 10. The van der Waals surface area contributed by atoms with Gasteiger partial charge in [0.15, 0.2) is 0 Å². The third kappa shape index (κ3) is 96.4.